The zero-order chi connectivity index (χ0) is 12.5. The fourth-order valence-electron chi connectivity index (χ4n) is 1.31. The van der Waals surface area contributed by atoms with Crippen molar-refractivity contribution in [1.82, 2.24) is 14.8 Å². The van der Waals surface area contributed by atoms with Gasteiger partial charge in [-0.3, -0.25) is 0 Å². The Labute approximate surface area is 107 Å². The van der Waals surface area contributed by atoms with Gasteiger partial charge < -0.3 is 4.74 Å². The lowest BCUT2D eigenvalue weighted by Crippen LogP contribution is -2.20. The number of hydrogen-bond donors (Lipinski definition) is 0. The summed E-state index contributed by atoms with van der Waals surface area (Å²) in [6.07, 6.45) is 1.58. The number of hydrogen-bond acceptors (Lipinski definition) is 3. The molecule has 0 radical (unpaired) electrons. The molecule has 0 aliphatic rings. The molecule has 2 rings (SSSR count). The van der Waals surface area contributed by atoms with Crippen LogP contribution in [0, 0.1) is 0 Å². The SMILES string of the molecule is CC(C)(F)Oc1ccc(-n2cnc(Br)n2)cc1. The molecule has 0 N–H and O–H groups in total. The number of aromatic nitrogens is 3. The number of alkyl halides is 1. The Morgan fingerprint density at radius 1 is 1.29 bits per heavy atom. The first kappa shape index (κ1) is 12.0. The summed E-state index contributed by atoms with van der Waals surface area (Å²) in [6.45, 7) is 2.71. The normalized spacial score (nSPS) is 11.5. The van der Waals surface area contributed by atoms with Gasteiger partial charge in [0, 0.05) is 13.8 Å². The maximum atomic E-state index is 13.2. The zero-order valence-electron chi connectivity index (χ0n) is 9.39. The van der Waals surface area contributed by atoms with Gasteiger partial charge in [0.2, 0.25) is 10.6 Å². The van der Waals surface area contributed by atoms with Crippen LogP contribution < -0.4 is 4.74 Å². The molecule has 0 bridgehead atoms. The fourth-order valence-corrected chi connectivity index (χ4v) is 1.58. The van der Waals surface area contributed by atoms with Crippen LogP contribution >= 0.6 is 15.9 Å². The molecule has 0 saturated carbocycles. The summed E-state index contributed by atoms with van der Waals surface area (Å²) in [6, 6.07) is 6.93. The van der Waals surface area contributed by atoms with Gasteiger partial charge in [0.15, 0.2) is 0 Å². The smallest absolute Gasteiger partial charge is 0.242 e. The van der Waals surface area contributed by atoms with Crippen LogP contribution in [0.3, 0.4) is 0 Å². The van der Waals surface area contributed by atoms with Crippen LogP contribution in [-0.4, -0.2) is 20.6 Å². The second kappa shape index (κ2) is 4.44. The third-order valence-electron chi connectivity index (χ3n) is 1.93. The molecule has 90 valence electrons. The van der Waals surface area contributed by atoms with E-state index in [1.165, 1.54) is 13.8 Å². The Kier molecular flexibility index (Phi) is 3.15. The summed E-state index contributed by atoms with van der Waals surface area (Å²) >= 11 is 3.17. The Balaban J connectivity index is 2.19. The molecule has 1 heterocycles. The third-order valence-corrected chi connectivity index (χ3v) is 2.29. The highest BCUT2D eigenvalue weighted by molar-refractivity contribution is 9.10. The average Bonchev–Trinajstić information content (AvgIpc) is 2.63. The monoisotopic (exact) mass is 299 g/mol. The molecule has 17 heavy (non-hydrogen) atoms. The summed E-state index contributed by atoms with van der Waals surface area (Å²) in [4.78, 5) is 3.95. The molecular formula is C11H11BrFN3O. The highest BCUT2D eigenvalue weighted by Crippen LogP contribution is 2.20. The van der Waals surface area contributed by atoms with Gasteiger partial charge in [-0.2, -0.15) is 4.39 Å². The van der Waals surface area contributed by atoms with E-state index in [0.29, 0.717) is 10.5 Å². The number of rotatable bonds is 3. The van der Waals surface area contributed by atoms with Gasteiger partial charge in [-0.15, -0.1) is 5.10 Å². The lowest BCUT2D eigenvalue weighted by molar-refractivity contribution is -0.0257. The zero-order valence-corrected chi connectivity index (χ0v) is 11.0. The average molecular weight is 300 g/mol. The van der Waals surface area contributed by atoms with E-state index in [0.717, 1.165) is 5.69 Å². The van der Waals surface area contributed by atoms with Gasteiger partial charge in [0.05, 0.1) is 5.69 Å². The Morgan fingerprint density at radius 2 is 1.94 bits per heavy atom. The first-order valence-electron chi connectivity index (χ1n) is 4.99. The summed E-state index contributed by atoms with van der Waals surface area (Å²) in [7, 11) is 0. The molecule has 6 heteroatoms. The van der Waals surface area contributed by atoms with E-state index in [1.807, 2.05) is 0 Å². The Bertz CT molecular complexity index is 504. The maximum absolute atomic E-state index is 13.2. The molecule has 4 nitrogen and oxygen atoms in total. The molecule has 2 aromatic rings. The van der Waals surface area contributed by atoms with Gasteiger partial charge in [0.25, 0.3) is 0 Å². The van der Waals surface area contributed by atoms with Gasteiger partial charge >= 0.3 is 0 Å². The van der Waals surface area contributed by atoms with Gasteiger partial charge in [-0.25, -0.2) is 9.67 Å². The lowest BCUT2D eigenvalue weighted by Gasteiger charge is -2.17. The van der Waals surface area contributed by atoms with E-state index >= 15 is 0 Å². The van der Waals surface area contributed by atoms with E-state index in [4.69, 9.17) is 4.74 Å². The Morgan fingerprint density at radius 3 is 2.41 bits per heavy atom. The quantitative estimate of drug-likeness (QED) is 0.874. The molecular weight excluding hydrogens is 289 g/mol. The predicted octanol–water partition coefficient (Wildman–Crippen LogP) is 3.11. The molecule has 0 saturated heterocycles. The minimum atomic E-state index is -1.68. The summed E-state index contributed by atoms with van der Waals surface area (Å²) in [5.74, 6) is -1.21. The van der Waals surface area contributed by atoms with Crippen molar-refractivity contribution in [2.75, 3.05) is 0 Å². The van der Waals surface area contributed by atoms with Crippen molar-refractivity contribution in [1.29, 1.82) is 0 Å². The standard InChI is InChI=1S/C11H11BrFN3O/c1-11(2,13)17-9-5-3-8(4-6-9)16-7-14-10(12)15-16/h3-7H,1-2H3. The van der Waals surface area contributed by atoms with Crippen molar-refractivity contribution in [3.05, 3.63) is 35.3 Å². The number of ether oxygens (including phenoxy) is 1. The van der Waals surface area contributed by atoms with Crippen molar-refractivity contribution in [3.63, 3.8) is 0 Å². The lowest BCUT2D eigenvalue weighted by atomic mass is 10.3. The number of nitrogens with zero attached hydrogens (tertiary/aromatic N) is 3. The first-order chi connectivity index (χ1) is 7.94. The fraction of sp³-hybridized carbons (Fsp3) is 0.273. The van der Waals surface area contributed by atoms with Crippen LogP contribution in [0.1, 0.15) is 13.8 Å². The van der Waals surface area contributed by atoms with Crippen LogP contribution in [0.2, 0.25) is 0 Å². The first-order valence-corrected chi connectivity index (χ1v) is 5.79. The predicted molar refractivity (Wildman–Crippen MR) is 64.9 cm³/mol. The van der Waals surface area contributed by atoms with Crippen molar-refractivity contribution in [2.45, 2.75) is 19.7 Å². The maximum Gasteiger partial charge on any atom is 0.242 e. The molecule has 0 spiro atoms. The van der Waals surface area contributed by atoms with E-state index in [9.17, 15) is 4.39 Å². The molecule has 0 aliphatic heterocycles. The summed E-state index contributed by atoms with van der Waals surface area (Å²) in [5, 5.41) is 4.09. The third kappa shape index (κ3) is 3.26. The Hall–Kier alpha value is -1.43. The number of halogens is 2. The van der Waals surface area contributed by atoms with Crippen LogP contribution in [0.15, 0.2) is 35.3 Å². The second-order valence-electron chi connectivity index (χ2n) is 3.92. The van der Waals surface area contributed by atoms with E-state index in [-0.39, 0.29) is 0 Å². The summed E-state index contributed by atoms with van der Waals surface area (Å²) < 4.78 is 20.4. The van der Waals surface area contributed by atoms with Crippen molar-refractivity contribution in [2.24, 2.45) is 0 Å². The van der Waals surface area contributed by atoms with E-state index in [2.05, 4.69) is 26.0 Å². The highest BCUT2D eigenvalue weighted by atomic mass is 79.9. The van der Waals surface area contributed by atoms with Crippen molar-refractivity contribution >= 4 is 15.9 Å². The molecule has 0 fully saturated rings. The molecule has 0 unspecified atom stereocenters. The van der Waals surface area contributed by atoms with Crippen LogP contribution in [0.4, 0.5) is 4.39 Å². The topological polar surface area (TPSA) is 39.9 Å². The minimum Gasteiger partial charge on any atom is -0.459 e. The van der Waals surface area contributed by atoms with E-state index in [1.54, 1.807) is 35.3 Å². The second-order valence-corrected chi connectivity index (χ2v) is 4.63. The van der Waals surface area contributed by atoms with Crippen LogP contribution in [0.25, 0.3) is 5.69 Å². The van der Waals surface area contributed by atoms with Gasteiger partial charge in [-0.1, -0.05) is 0 Å². The van der Waals surface area contributed by atoms with Gasteiger partial charge in [0.1, 0.15) is 12.1 Å². The molecule has 0 amide bonds. The van der Waals surface area contributed by atoms with Gasteiger partial charge in [-0.05, 0) is 40.2 Å². The van der Waals surface area contributed by atoms with Crippen molar-refractivity contribution in [3.8, 4) is 11.4 Å². The number of benzene rings is 1. The molecule has 0 atom stereocenters. The van der Waals surface area contributed by atoms with Crippen molar-refractivity contribution < 1.29 is 9.13 Å². The van der Waals surface area contributed by atoms with Crippen LogP contribution in [0.5, 0.6) is 5.75 Å². The largest absolute Gasteiger partial charge is 0.459 e. The highest BCUT2D eigenvalue weighted by Gasteiger charge is 2.16. The minimum absolute atomic E-state index is 0.473. The van der Waals surface area contributed by atoms with E-state index < -0.39 is 5.85 Å². The molecule has 1 aromatic carbocycles. The van der Waals surface area contributed by atoms with Crippen LogP contribution in [-0.2, 0) is 0 Å². The molecule has 1 aromatic heterocycles. The molecule has 0 aliphatic carbocycles. The summed E-state index contributed by atoms with van der Waals surface area (Å²) in [5.41, 5.74) is 0.826.